The van der Waals surface area contributed by atoms with Gasteiger partial charge in [0.1, 0.15) is 23.5 Å². The van der Waals surface area contributed by atoms with Crippen molar-refractivity contribution in [3.63, 3.8) is 0 Å². The highest BCUT2D eigenvalue weighted by atomic mass is 35.5. The van der Waals surface area contributed by atoms with Crippen molar-refractivity contribution in [3.8, 4) is 28.1 Å². The third kappa shape index (κ3) is 7.25. The number of hydrogen-bond acceptors (Lipinski definition) is 7. The molecular formula is C34H35ClN6O6. The second-order valence-corrected chi connectivity index (χ2v) is 11.7. The summed E-state index contributed by atoms with van der Waals surface area (Å²) in [5.74, 6) is -0.754. The molecule has 0 unspecified atom stereocenters. The molecule has 244 valence electrons. The SMILES string of the molecule is Cn1cc(-c2ccc(NC(=O)[C@@H]3COCCN3C(=O)[C@H](NC(=O)N3CCOCC3)c3ccccc3)cc2)c(-c2cc(Cl)ccc2O)n1. The van der Waals surface area contributed by atoms with E-state index in [1.165, 1.54) is 11.0 Å². The maximum Gasteiger partial charge on any atom is 0.318 e. The zero-order valence-electron chi connectivity index (χ0n) is 25.8. The average molecular weight is 659 g/mol. The maximum absolute atomic E-state index is 14.1. The van der Waals surface area contributed by atoms with E-state index < -0.39 is 23.9 Å². The number of phenolic OH excluding ortho intramolecular Hbond substituents is 1. The van der Waals surface area contributed by atoms with Crippen molar-refractivity contribution in [1.29, 1.82) is 0 Å². The summed E-state index contributed by atoms with van der Waals surface area (Å²) in [6, 6.07) is 18.7. The molecule has 0 aliphatic carbocycles. The van der Waals surface area contributed by atoms with Crippen molar-refractivity contribution in [3.05, 3.63) is 89.6 Å². The number of ether oxygens (including phenoxy) is 2. The van der Waals surface area contributed by atoms with E-state index in [0.717, 1.165) is 11.1 Å². The molecule has 6 rings (SSSR count). The fraction of sp³-hybridized carbons (Fsp3) is 0.294. The number of nitrogens with zero attached hydrogens (tertiary/aromatic N) is 4. The second-order valence-electron chi connectivity index (χ2n) is 11.3. The molecule has 3 aromatic carbocycles. The first kappa shape index (κ1) is 32.0. The number of nitrogens with one attached hydrogen (secondary N) is 2. The number of aromatic nitrogens is 2. The minimum absolute atomic E-state index is 0.0107. The Kier molecular flexibility index (Phi) is 9.71. The number of amides is 4. The predicted octanol–water partition coefficient (Wildman–Crippen LogP) is 4.06. The number of urea groups is 1. The summed E-state index contributed by atoms with van der Waals surface area (Å²) in [5, 5.41) is 21.3. The number of aryl methyl sites for hydroxylation is 1. The quantitative estimate of drug-likeness (QED) is 0.272. The van der Waals surface area contributed by atoms with Crippen LogP contribution in [0.1, 0.15) is 11.6 Å². The summed E-state index contributed by atoms with van der Waals surface area (Å²) in [6.07, 6.45) is 1.84. The maximum atomic E-state index is 14.1. The van der Waals surface area contributed by atoms with Gasteiger partial charge in [-0.3, -0.25) is 14.3 Å². The molecular weight excluding hydrogens is 624 g/mol. The monoisotopic (exact) mass is 658 g/mol. The zero-order chi connectivity index (χ0) is 32.9. The molecule has 4 aromatic rings. The normalized spacial score (nSPS) is 17.2. The summed E-state index contributed by atoms with van der Waals surface area (Å²) < 4.78 is 12.6. The van der Waals surface area contributed by atoms with Crippen LogP contribution in [0.15, 0.2) is 79.0 Å². The Morgan fingerprint density at radius 2 is 1.66 bits per heavy atom. The van der Waals surface area contributed by atoms with Crippen LogP contribution in [-0.2, 0) is 26.1 Å². The van der Waals surface area contributed by atoms with E-state index >= 15 is 0 Å². The molecule has 0 bridgehead atoms. The van der Waals surface area contributed by atoms with Crippen molar-refractivity contribution in [2.45, 2.75) is 12.1 Å². The van der Waals surface area contributed by atoms with E-state index in [1.54, 1.807) is 65.2 Å². The Balaban J connectivity index is 1.19. The number of rotatable bonds is 7. The van der Waals surface area contributed by atoms with E-state index in [9.17, 15) is 19.5 Å². The molecule has 0 saturated carbocycles. The van der Waals surface area contributed by atoms with Crippen LogP contribution in [0.25, 0.3) is 22.4 Å². The van der Waals surface area contributed by atoms with Gasteiger partial charge in [0.25, 0.3) is 5.91 Å². The topological polar surface area (TPSA) is 138 Å². The molecule has 0 radical (unpaired) electrons. The van der Waals surface area contributed by atoms with Crippen LogP contribution < -0.4 is 10.6 Å². The average Bonchev–Trinajstić information content (AvgIpc) is 3.50. The van der Waals surface area contributed by atoms with E-state index in [1.807, 2.05) is 24.4 Å². The van der Waals surface area contributed by atoms with E-state index in [2.05, 4.69) is 15.7 Å². The van der Waals surface area contributed by atoms with Crippen LogP contribution >= 0.6 is 11.6 Å². The highest BCUT2D eigenvalue weighted by molar-refractivity contribution is 6.31. The van der Waals surface area contributed by atoms with Crippen molar-refractivity contribution in [2.75, 3.05) is 51.4 Å². The second kappa shape index (κ2) is 14.2. The number of halogens is 1. The first-order chi connectivity index (χ1) is 22.8. The zero-order valence-corrected chi connectivity index (χ0v) is 26.5. The van der Waals surface area contributed by atoms with Crippen LogP contribution in [0, 0.1) is 0 Å². The van der Waals surface area contributed by atoms with E-state index in [-0.39, 0.29) is 31.5 Å². The van der Waals surface area contributed by atoms with Crippen LogP contribution in [0.5, 0.6) is 5.75 Å². The van der Waals surface area contributed by atoms with Crippen LogP contribution in [0.3, 0.4) is 0 Å². The summed E-state index contributed by atoms with van der Waals surface area (Å²) in [6.45, 7) is 2.17. The van der Waals surface area contributed by atoms with Gasteiger partial charge < -0.3 is 35.0 Å². The summed E-state index contributed by atoms with van der Waals surface area (Å²) in [4.78, 5) is 44.0. The van der Waals surface area contributed by atoms with Gasteiger partial charge in [-0.1, -0.05) is 54.1 Å². The smallest absolute Gasteiger partial charge is 0.318 e. The molecule has 2 atom stereocenters. The lowest BCUT2D eigenvalue weighted by Gasteiger charge is -2.37. The molecule has 3 heterocycles. The minimum atomic E-state index is -0.994. The fourth-order valence-corrected chi connectivity index (χ4v) is 5.89. The van der Waals surface area contributed by atoms with Crippen LogP contribution in [0.4, 0.5) is 10.5 Å². The molecule has 13 heteroatoms. The number of carbonyl (C=O) groups excluding carboxylic acids is 3. The molecule has 1 aromatic heterocycles. The number of phenols is 1. The summed E-state index contributed by atoms with van der Waals surface area (Å²) in [7, 11) is 1.79. The van der Waals surface area contributed by atoms with Gasteiger partial charge in [-0.25, -0.2) is 4.79 Å². The molecule has 2 fully saturated rings. The summed E-state index contributed by atoms with van der Waals surface area (Å²) >= 11 is 6.19. The van der Waals surface area contributed by atoms with Gasteiger partial charge >= 0.3 is 6.03 Å². The Hall–Kier alpha value is -4.91. The van der Waals surface area contributed by atoms with Crippen LogP contribution in [0.2, 0.25) is 5.02 Å². The lowest BCUT2D eigenvalue weighted by molar-refractivity contribution is -0.148. The molecule has 47 heavy (non-hydrogen) atoms. The van der Waals surface area contributed by atoms with Gasteiger partial charge in [0.15, 0.2) is 0 Å². The van der Waals surface area contributed by atoms with Crippen molar-refractivity contribution in [2.24, 2.45) is 7.05 Å². The highest BCUT2D eigenvalue weighted by Crippen LogP contribution is 2.37. The van der Waals surface area contributed by atoms with Gasteiger partial charge in [0.2, 0.25) is 5.91 Å². The van der Waals surface area contributed by atoms with Crippen molar-refractivity contribution >= 4 is 35.1 Å². The third-order valence-electron chi connectivity index (χ3n) is 8.17. The lowest BCUT2D eigenvalue weighted by Crippen LogP contribution is -2.58. The molecule has 12 nitrogen and oxygen atoms in total. The molecule has 3 N–H and O–H groups in total. The highest BCUT2D eigenvalue weighted by Gasteiger charge is 2.38. The lowest BCUT2D eigenvalue weighted by atomic mass is 10.0. The van der Waals surface area contributed by atoms with E-state index in [4.69, 9.17) is 21.1 Å². The Morgan fingerprint density at radius 1 is 0.936 bits per heavy atom. The van der Waals surface area contributed by atoms with Gasteiger partial charge in [-0.2, -0.15) is 5.10 Å². The summed E-state index contributed by atoms with van der Waals surface area (Å²) in [5.41, 5.74) is 3.78. The number of morpholine rings is 2. The number of anilines is 1. The van der Waals surface area contributed by atoms with Gasteiger partial charge in [-0.05, 0) is 41.5 Å². The number of hydrogen-bond donors (Lipinski definition) is 3. The molecule has 0 spiro atoms. The number of carbonyl (C=O) groups is 3. The molecule has 2 aliphatic rings. The van der Waals surface area contributed by atoms with Crippen LogP contribution in [-0.4, -0.2) is 94.6 Å². The van der Waals surface area contributed by atoms with Gasteiger partial charge in [0.05, 0.1) is 26.4 Å². The standard InChI is InChI=1S/C34H35ClN6O6/c1-39-20-27(31(38-39)26-19-24(35)9-12-29(26)42)22-7-10-25(11-8-22)36-32(43)28-21-47-18-15-41(28)33(44)30(23-5-3-2-4-6-23)37-34(45)40-13-16-46-17-14-40/h2-12,19-20,28,30,42H,13-18,21H2,1H3,(H,36,43)(H,37,45)/t28-,30+/m0/s1. The first-order valence-corrected chi connectivity index (χ1v) is 15.7. The first-order valence-electron chi connectivity index (χ1n) is 15.3. The largest absolute Gasteiger partial charge is 0.507 e. The molecule has 4 amide bonds. The fourth-order valence-electron chi connectivity index (χ4n) is 5.72. The predicted molar refractivity (Wildman–Crippen MR) is 176 cm³/mol. The Bertz CT molecular complexity index is 1740. The van der Waals surface area contributed by atoms with Gasteiger partial charge in [0, 0.05) is 54.7 Å². The number of benzene rings is 3. The third-order valence-corrected chi connectivity index (χ3v) is 8.40. The molecule has 2 aliphatic heterocycles. The van der Waals surface area contributed by atoms with Crippen molar-refractivity contribution < 1.29 is 29.0 Å². The Morgan fingerprint density at radius 3 is 2.40 bits per heavy atom. The van der Waals surface area contributed by atoms with Crippen molar-refractivity contribution in [1.82, 2.24) is 24.9 Å². The number of aromatic hydroxyl groups is 1. The minimum Gasteiger partial charge on any atom is -0.507 e. The van der Waals surface area contributed by atoms with E-state index in [0.29, 0.717) is 53.8 Å². The van der Waals surface area contributed by atoms with Gasteiger partial charge in [-0.15, -0.1) is 0 Å². The Labute approximate surface area is 276 Å². The molecule has 2 saturated heterocycles.